The van der Waals surface area contributed by atoms with E-state index in [-0.39, 0.29) is 18.4 Å². The number of aliphatic imine (C=N–C) groups is 1. The Hall–Kier alpha value is -3.63. The van der Waals surface area contributed by atoms with Crippen molar-refractivity contribution in [2.24, 2.45) is 10.7 Å². The largest absolute Gasteiger partial charge is 0.405 e. The van der Waals surface area contributed by atoms with Gasteiger partial charge in [0.05, 0.1) is 38.4 Å². The number of carbonyl (C=O) groups is 2. The highest BCUT2D eigenvalue weighted by molar-refractivity contribution is 7.85. The highest BCUT2D eigenvalue weighted by Gasteiger charge is 2.27. The molecule has 0 fully saturated rings. The van der Waals surface area contributed by atoms with Crippen LogP contribution in [0.4, 0.5) is 10.8 Å². The number of thiazole rings is 1. The van der Waals surface area contributed by atoms with Gasteiger partial charge in [-0.1, -0.05) is 23.5 Å². The van der Waals surface area contributed by atoms with Gasteiger partial charge in [-0.05, 0) is 49.0 Å². The zero-order valence-corrected chi connectivity index (χ0v) is 18.6. The number of allylic oxidation sites excluding steroid dienone is 1. The minimum atomic E-state index is -1.54. The third-order valence-electron chi connectivity index (χ3n) is 4.79. The summed E-state index contributed by atoms with van der Waals surface area (Å²) in [7, 11) is -1.54. The molecule has 1 aromatic heterocycles. The first kappa shape index (κ1) is 21.6. The van der Waals surface area contributed by atoms with E-state index in [1.54, 1.807) is 55.6 Å². The van der Waals surface area contributed by atoms with Crippen LogP contribution in [0.1, 0.15) is 31.2 Å². The molecule has 1 atom stereocenters. The van der Waals surface area contributed by atoms with Crippen molar-refractivity contribution < 1.29 is 13.8 Å². The van der Waals surface area contributed by atoms with Gasteiger partial charge >= 0.3 is 0 Å². The smallest absolute Gasteiger partial charge is 0.256 e. The molecule has 4 rings (SSSR count). The first-order valence-corrected chi connectivity index (χ1v) is 11.6. The van der Waals surface area contributed by atoms with Crippen LogP contribution >= 0.6 is 11.3 Å². The molecule has 1 unspecified atom stereocenters. The fourth-order valence-electron chi connectivity index (χ4n) is 3.22. The molecule has 2 aromatic carbocycles. The van der Waals surface area contributed by atoms with Crippen LogP contribution in [-0.2, 0) is 17.3 Å². The molecule has 1 aliphatic rings. The lowest BCUT2D eigenvalue weighted by molar-refractivity contribution is 0.0949. The average Bonchev–Trinajstić information content (AvgIpc) is 3.22. The highest BCUT2D eigenvalue weighted by atomic mass is 32.2. The summed E-state index contributed by atoms with van der Waals surface area (Å²) >= 11 is 1.35. The van der Waals surface area contributed by atoms with E-state index in [1.807, 2.05) is 0 Å². The maximum absolute atomic E-state index is 13.1. The Kier molecular flexibility index (Phi) is 6.24. The lowest BCUT2D eigenvalue weighted by Gasteiger charge is -2.14. The number of benzene rings is 2. The summed E-state index contributed by atoms with van der Waals surface area (Å²) in [5.41, 5.74) is 6.97. The number of carbonyl (C=O) groups excluding carboxylic acids is 2. The summed E-state index contributed by atoms with van der Waals surface area (Å²) in [5, 5.41) is 6.23. The van der Waals surface area contributed by atoms with Gasteiger partial charge in [-0.25, -0.2) is 14.2 Å². The Morgan fingerprint density at radius 3 is 2.91 bits per heavy atom. The summed E-state index contributed by atoms with van der Waals surface area (Å²) in [6, 6.07) is 10.0. The summed E-state index contributed by atoms with van der Waals surface area (Å²) < 4.78 is 13.1. The second kappa shape index (κ2) is 9.25. The predicted molar refractivity (Wildman–Crippen MR) is 125 cm³/mol. The number of aromatic nitrogens is 1. The molecule has 10 heteroatoms. The molecule has 3 aromatic rings. The molecule has 0 radical (unpaired) electrons. The van der Waals surface area contributed by atoms with Gasteiger partial charge in [-0.15, -0.1) is 0 Å². The van der Waals surface area contributed by atoms with E-state index in [9.17, 15) is 13.8 Å². The van der Waals surface area contributed by atoms with Gasteiger partial charge in [-0.2, -0.15) is 0 Å². The standard InChI is InChI=1S/C22H19N5O3S2/c1-13-15(20(28)25-11-14-12-26-22(31-14)24-10-4-9-23)7-8-18-19(13)27-21(29)16-5-2-3-6-17(16)32(18)30/h2-10,12H,11,23H2,1H3,(H,25,28)(H,27,29). The summed E-state index contributed by atoms with van der Waals surface area (Å²) in [5.74, 6) is -0.660. The van der Waals surface area contributed by atoms with Crippen LogP contribution < -0.4 is 16.4 Å². The maximum atomic E-state index is 13.1. The van der Waals surface area contributed by atoms with E-state index in [0.717, 1.165) is 4.88 Å². The summed E-state index contributed by atoms with van der Waals surface area (Å²) in [6.45, 7) is 2.00. The van der Waals surface area contributed by atoms with Crippen molar-refractivity contribution in [3.63, 3.8) is 0 Å². The van der Waals surface area contributed by atoms with E-state index < -0.39 is 10.8 Å². The number of anilines is 1. The van der Waals surface area contributed by atoms with Crippen molar-refractivity contribution >= 4 is 51.0 Å². The fourth-order valence-corrected chi connectivity index (χ4v) is 5.30. The van der Waals surface area contributed by atoms with Crippen LogP contribution in [0.3, 0.4) is 0 Å². The van der Waals surface area contributed by atoms with E-state index in [2.05, 4.69) is 20.6 Å². The van der Waals surface area contributed by atoms with Crippen molar-refractivity contribution in [2.45, 2.75) is 23.3 Å². The van der Waals surface area contributed by atoms with Crippen molar-refractivity contribution in [1.29, 1.82) is 0 Å². The van der Waals surface area contributed by atoms with Gasteiger partial charge in [-0.3, -0.25) is 9.59 Å². The van der Waals surface area contributed by atoms with Crippen LogP contribution in [0.25, 0.3) is 0 Å². The van der Waals surface area contributed by atoms with Gasteiger partial charge < -0.3 is 16.4 Å². The Balaban J connectivity index is 1.55. The number of hydrogen-bond acceptors (Lipinski definition) is 7. The van der Waals surface area contributed by atoms with Crippen LogP contribution in [-0.4, -0.2) is 27.2 Å². The topological polar surface area (TPSA) is 127 Å². The molecule has 0 spiro atoms. The molecule has 1 aliphatic heterocycles. The molecule has 0 bridgehead atoms. The zero-order valence-electron chi connectivity index (χ0n) is 17.0. The monoisotopic (exact) mass is 465 g/mol. The number of nitrogens with one attached hydrogen (secondary N) is 2. The molecule has 162 valence electrons. The number of fused-ring (bicyclic) bond motifs is 2. The first-order chi connectivity index (χ1) is 15.5. The van der Waals surface area contributed by atoms with Crippen LogP contribution in [0.5, 0.6) is 0 Å². The lowest BCUT2D eigenvalue weighted by Crippen LogP contribution is -2.24. The van der Waals surface area contributed by atoms with Crippen molar-refractivity contribution in [2.75, 3.05) is 5.32 Å². The highest BCUT2D eigenvalue weighted by Crippen LogP contribution is 2.34. The summed E-state index contributed by atoms with van der Waals surface area (Å²) in [6.07, 6.45) is 6.15. The average molecular weight is 466 g/mol. The number of nitrogens with zero attached hydrogens (tertiary/aromatic N) is 2. The van der Waals surface area contributed by atoms with Gasteiger partial charge in [0.15, 0.2) is 0 Å². The SMILES string of the molecule is Cc1c(C(=O)NCc2cnc(N=CC=CN)s2)ccc2c1NC(=O)c1ccccc1S2=O. The third kappa shape index (κ3) is 4.23. The fraction of sp³-hybridized carbons (Fsp3) is 0.0909. The van der Waals surface area contributed by atoms with Gasteiger partial charge in [0.25, 0.3) is 11.8 Å². The Morgan fingerprint density at radius 2 is 2.09 bits per heavy atom. The minimum absolute atomic E-state index is 0.277. The Labute approximate surface area is 190 Å². The predicted octanol–water partition coefficient (Wildman–Crippen LogP) is 3.29. The lowest BCUT2D eigenvalue weighted by atomic mass is 10.1. The van der Waals surface area contributed by atoms with Gasteiger partial charge in [0.2, 0.25) is 5.13 Å². The van der Waals surface area contributed by atoms with Crippen molar-refractivity contribution in [1.82, 2.24) is 10.3 Å². The molecule has 4 N–H and O–H groups in total. The minimum Gasteiger partial charge on any atom is -0.405 e. The second-order valence-corrected chi connectivity index (χ2v) is 9.30. The zero-order chi connectivity index (χ0) is 22.7. The quantitative estimate of drug-likeness (QED) is 0.499. The molecule has 2 heterocycles. The number of amides is 2. The number of nitrogens with two attached hydrogens (primary N) is 1. The van der Waals surface area contributed by atoms with Crippen molar-refractivity contribution in [3.05, 3.63) is 76.4 Å². The first-order valence-electron chi connectivity index (χ1n) is 9.59. The van der Waals surface area contributed by atoms with E-state index in [0.29, 0.717) is 37.3 Å². The molecular weight excluding hydrogens is 446 g/mol. The summed E-state index contributed by atoms with van der Waals surface area (Å²) in [4.78, 5) is 35.6. The molecule has 0 aliphatic carbocycles. The van der Waals surface area contributed by atoms with E-state index in [1.165, 1.54) is 23.8 Å². The molecule has 0 saturated carbocycles. The van der Waals surface area contributed by atoms with Crippen LogP contribution in [0.15, 0.2) is 69.7 Å². The van der Waals surface area contributed by atoms with Crippen molar-refractivity contribution in [3.8, 4) is 0 Å². The molecule has 32 heavy (non-hydrogen) atoms. The van der Waals surface area contributed by atoms with Gasteiger partial charge in [0, 0.05) is 22.9 Å². The van der Waals surface area contributed by atoms with Gasteiger partial charge in [0.1, 0.15) is 0 Å². The number of rotatable bonds is 5. The van der Waals surface area contributed by atoms with Crippen LogP contribution in [0.2, 0.25) is 0 Å². The molecular formula is C22H19N5O3S2. The van der Waals surface area contributed by atoms with E-state index in [4.69, 9.17) is 5.73 Å². The Morgan fingerprint density at radius 1 is 1.28 bits per heavy atom. The molecule has 2 amide bonds. The van der Waals surface area contributed by atoms with E-state index >= 15 is 0 Å². The normalized spacial score (nSPS) is 15.3. The Bertz CT molecular complexity index is 1300. The maximum Gasteiger partial charge on any atom is 0.256 e. The van der Waals surface area contributed by atoms with Crippen LogP contribution in [0, 0.1) is 6.92 Å². The molecule has 0 saturated heterocycles. The second-order valence-electron chi connectivity index (χ2n) is 6.79. The third-order valence-corrected chi connectivity index (χ3v) is 7.19. The molecule has 8 nitrogen and oxygen atoms in total. The number of hydrogen-bond donors (Lipinski definition) is 3.